The number of fused-ring (bicyclic) bond motifs is 1. The highest BCUT2D eigenvalue weighted by Crippen LogP contribution is 2.14. The molecule has 2 heterocycles. The fourth-order valence-corrected chi connectivity index (χ4v) is 1.13. The van der Waals surface area contributed by atoms with Crippen LogP contribution < -0.4 is 0 Å². The zero-order chi connectivity index (χ0) is 6.97. The average molecular weight is 153 g/mol. The number of rotatable bonds is 0. The molecule has 3 heteroatoms. The minimum absolute atomic E-state index is 0.546. The van der Waals surface area contributed by atoms with Gasteiger partial charge in [0.2, 0.25) is 0 Å². The highest BCUT2D eigenvalue weighted by Gasteiger charge is 2.06. The van der Waals surface area contributed by atoms with Crippen molar-refractivity contribution in [3.05, 3.63) is 28.5 Å². The first-order valence-corrected chi connectivity index (χ1v) is 3.39. The minimum atomic E-state index is 0.546. The van der Waals surface area contributed by atoms with Crippen molar-refractivity contribution >= 4 is 17.8 Å². The van der Waals surface area contributed by atoms with E-state index in [2.05, 4.69) is 9.98 Å². The van der Waals surface area contributed by atoms with Crippen molar-refractivity contribution in [1.29, 1.82) is 0 Å². The highest BCUT2D eigenvalue weighted by atomic mass is 35.5. The zero-order valence-corrected chi connectivity index (χ0v) is 5.97. The third-order valence-electron chi connectivity index (χ3n) is 1.45. The van der Waals surface area contributed by atoms with Crippen LogP contribution in [0.25, 0.3) is 0 Å². The first-order chi connectivity index (χ1) is 4.86. The lowest BCUT2D eigenvalue weighted by Crippen LogP contribution is -1.88. The molecule has 1 aliphatic rings. The minimum Gasteiger partial charge on any atom is -0.286 e. The third kappa shape index (κ3) is 0.809. The number of aliphatic imine (C=N–C) groups is 1. The van der Waals surface area contributed by atoms with E-state index in [-0.39, 0.29) is 0 Å². The molecule has 0 N–H and O–H groups in total. The molecule has 1 aliphatic heterocycles. The molecule has 0 saturated heterocycles. The van der Waals surface area contributed by atoms with Crippen LogP contribution in [-0.4, -0.2) is 11.2 Å². The van der Waals surface area contributed by atoms with E-state index in [1.54, 1.807) is 6.07 Å². The van der Waals surface area contributed by atoms with Crippen molar-refractivity contribution in [3.8, 4) is 0 Å². The van der Waals surface area contributed by atoms with Gasteiger partial charge in [0, 0.05) is 11.8 Å². The van der Waals surface area contributed by atoms with E-state index in [1.165, 1.54) is 0 Å². The second-order valence-corrected chi connectivity index (χ2v) is 2.53. The molecule has 0 spiro atoms. The number of aromatic nitrogens is 1. The first kappa shape index (κ1) is 5.86. The molecule has 50 valence electrons. The monoisotopic (exact) mass is 152 g/mol. The summed E-state index contributed by atoms with van der Waals surface area (Å²) in [6.07, 6.45) is 1.82. The molecule has 0 unspecified atom stereocenters. The first-order valence-electron chi connectivity index (χ1n) is 3.01. The Kier molecular flexibility index (Phi) is 1.21. The van der Waals surface area contributed by atoms with E-state index in [4.69, 9.17) is 11.6 Å². The lowest BCUT2D eigenvalue weighted by molar-refractivity contribution is 1.02. The van der Waals surface area contributed by atoms with Crippen molar-refractivity contribution in [2.45, 2.75) is 6.54 Å². The molecule has 2 nitrogen and oxygen atoms in total. The van der Waals surface area contributed by atoms with Gasteiger partial charge in [-0.25, -0.2) is 4.98 Å². The van der Waals surface area contributed by atoms with Crippen LogP contribution in [-0.2, 0) is 6.54 Å². The van der Waals surface area contributed by atoms with Gasteiger partial charge < -0.3 is 0 Å². The maximum Gasteiger partial charge on any atom is 0.129 e. The molecule has 0 bridgehead atoms. The fourth-order valence-electron chi connectivity index (χ4n) is 0.960. The van der Waals surface area contributed by atoms with Gasteiger partial charge in [0.25, 0.3) is 0 Å². The molecule has 10 heavy (non-hydrogen) atoms. The van der Waals surface area contributed by atoms with Crippen LogP contribution in [0, 0.1) is 0 Å². The van der Waals surface area contributed by atoms with Gasteiger partial charge in [0.1, 0.15) is 5.15 Å². The Morgan fingerprint density at radius 3 is 3.20 bits per heavy atom. The second kappa shape index (κ2) is 2.06. The molecule has 0 aromatic carbocycles. The number of pyridine rings is 1. The predicted octanol–water partition coefficient (Wildman–Crippen LogP) is 1.67. The summed E-state index contributed by atoms with van der Waals surface area (Å²) < 4.78 is 0. The van der Waals surface area contributed by atoms with Gasteiger partial charge in [-0.3, -0.25) is 4.99 Å². The van der Waals surface area contributed by atoms with E-state index >= 15 is 0 Å². The Hall–Kier alpha value is -0.890. The predicted molar refractivity (Wildman–Crippen MR) is 40.5 cm³/mol. The molecule has 2 rings (SSSR count). The lowest BCUT2D eigenvalue weighted by atomic mass is 10.2. The summed E-state index contributed by atoms with van der Waals surface area (Å²) in [6, 6.07) is 3.71. The molecular formula is C7H5ClN2. The van der Waals surface area contributed by atoms with Crippen LogP contribution in [0.1, 0.15) is 11.3 Å². The fraction of sp³-hybridized carbons (Fsp3) is 0.143. The third-order valence-corrected chi connectivity index (χ3v) is 1.66. The summed E-state index contributed by atoms with van der Waals surface area (Å²) in [5, 5.41) is 0.546. The Balaban J connectivity index is 2.59. The van der Waals surface area contributed by atoms with Crippen LogP contribution in [0.5, 0.6) is 0 Å². The van der Waals surface area contributed by atoms with Gasteiger partial charge in [-0.05, 0) is 12.1 Å². The van der Waals surface area contributed by atoms with Crippen molar-refractivity contribution < 1.29 is 0 Å². The second-order valence-electron chi connectivity index (χ2n) is 2.14. The summed E-state index contributed by atoms with van der Waals surface area (Å²) in [7, 11) is 0. The van der Waals surface area contributed by atoms with Gasteiger partial charge in [-0.1, -0.05) is 11.6 Å². The smallest absolute Gasteiger partial charge is 0.129 e. The number of halogens is 1. The summed E-state index contributed by atoms with van der Waals surface area (Å²) in [6.45, 7) is 0.676. The molecule has 1 aromatic rings. The molecule has 0 radical (unpaired) electrons. The van der Waals surface area contributed by atoms with Gasteiger partial charge >= 0.3 is 0 Å². The highest BCUT2D eigenvalue weighted by molar-refractivity contribution is 6.29. The van der Waals surface area contributed by atoms with E-state index < -0.39 is 0 Å². The molecule has 0 amide bonds. The topological polar surface area (TPSA) is 25.2 Å². The number of hydrogen-bond acceptors (Lipinski definition) is 2. The molecule has 0 fully saturated rings. The Bertz CT molecular complexity index is 294. The molecule has 0 saturated carbocycles. The van der Waals surface area contributed by atoms with Gasteiger partial charge in [0.15, 0.2) is 0 Å². The van der Waals surface area contributed by atoms with Crippen LogP contribution in [0.15, 0.2) is 17.1 Å². The van der Waals surface area contributed by atoms with E-state index in [9.17, 15) is 0 Å². The maximum atomic E-state index is 5.66. The summed E-state index contributed by atoms with van der Waals surface area (Å²) >= 11 is 5.66. The van der Waals surface area contributed by atoms with Crippen LogP contribution in [0.2, 0.25) is 5.15 Å². The Morgan fingerprint density at radius 2 is 2.30 bits per heavy atom. The standard InChI is InChI=1S/C7H5ClN2/c8-7-2-1-5-3-9-4-6(5)10-7/h1-3H,4H2. The van der Waals surface area contributed by atoms with Crippen LogP contribution in [0.3, 0.4) is 0 Å². The zero-order valence-electron chi connectivity index (χ0n) is 5.21. The lowest BCUT2D eigenvalue weighted by Gasteiger charge is -1.94. The van der Waals surface area contributed by atoms with E-state index in [1.807, 2.05) is 12.3 Å². The van der Waals surface area contributed by atoms with Crippen molar-refractivity contribution in [2.24, 2.45) is 4.99 Å². The number of hydrogen-bond donors (Lipinski definition) is 0. The summed E-state index contributed by atoms with van der Waals surface area (Å²) in [5.74, 6) is 0. The average Bonchev–Trinajstić information content (AvgIpc) is 2.33. The molecule has 0 atom stereocenters. The SMILES string of the molecule is Clc1ccc2c(n1)CN=C2. The van der Waals surface area contributed by atoms with Crippen LogP contribution >= 0.6 is 11.6 Å². The maximum absolute atomic E-state index is 5.66. The van der Waals surface area contributed by atoms with Gasteiger partial charge in [-0.15, -0.1) is 0 Å². The molecular weight excluding hydrogens is 148 g/mol. The summed E-state index contributed by atoms with van der Waals surface area (Å²) in [4.78, 5) is 8.14. The van der Waals surface area contributed by atoms with Gasteiger partial charge in [0.05, 0.1) is 12.2 Å². The Labute approximate surface area is 63.6 Å². The molecule has 0 aliphatic carbocycles. The van der Waals surface area contributed by atoms with Gasteiger partial charge in [-0.2, -0.15) is 0 Å². The largest absolute Gasteiger partial charge is 0.286 e. The van der Waals surface area contributed by atoms with E-state index in [0.717, 1.165) is 11.3 Å². The quantitative estimate of drug-likeness (QED) is 0.519. The summed E-state index contributed by atoms with van der Waals surface area (Å²) in [5.41, 5.74) is 2.07. The normalized spacial score (nSPS) is 13.7. The van der Waals surface area contributed by atoms with Crippen LogP contribution in [0.4, 0.5) is 0 Å². The molecule has 1 aromatic heterocycles. The van der Waals surface area contributed by atoms with Crippen molar-refractivity contribution in [1.82, 2.24) is 4.98 Å². The van der Waals surface area contributed by atoms with Crippen molar-refractivity contribution in [2.75, 3.05) is 0 Å². The Morgan fingerprint density at radius 1 is 1.40 bits per heavy atom. The van der Waals surface area contributed by atoms with Crippen molar-refractivity contribution in [3.63, 3.8) is 0 Å². The van der Waals surface area contributed by atoms with E-state index in [0.29, 0.717) is 11.7 Å². The number of nitrogens with zero attached hydrogens (tertiary/aromatic N) is 2.